The lowest BCUT2D eigenvalue weighted by molar-refractivity contribution is 0.308. The topological polar surface area (TPSA) is 95.2 Å². The van der Waals surface area contributed by atoms with Crippen LogP contribution in [0.4, 0.5) is 0 Å². The van der Waals surface area contributed by atoms with Crippen LogP contribution in [0.15, 0.2) is 6.07 Å². The van der Waals surface area contributed by atoms with Crippen LogP contribution in [-0.4, -0.2) is 18.6 Å². The molecule has 9 heteroatoms. The van der Waals surface area contributed by atoms with E-state index in [0.717, 1.165) is 0 Å². The fraction of sp³-hybridized carbons (Fsp3) is 0.200. The molecule has 0 saturated carbocycles. The van der Waals surface area contributed by atoms with Crippen molar-refractivity contribution in [1.29, 1.82) is 0 Å². The van der Waals surface area contributed by atoms with Crippen molar-refractivity contribution in [2.75, 3.05) is 0 Å². The van der Waals surface area contributed by atoms with Gasteiger partial charge in [0, 0.05) is 5.56 Å². The van der Waals surface area contributed by atoms with Gasteiger partial charge in [-0.3, -0.25) is 4.18 Å². The molecule has 0 radical (unpaired) electrons. The van der Waals surface area contributed by atoms with Crippen LogP contribution in [0.1, 0.15) is 5.56 Å². The van der Waals surface area contributed by atoms with E-state index in [0.29, 0.717) is 5.56 Å². The van der Waals surface area contributed by atoms with Crippen LogP contribution in [0.2, 0.25) is 10.3 Å². The summed E-state index contributed by atoms with van der Waals surface area (Å²) in [6.45, 7) is -0.326. The van der Waals surface area contributed by atoms with Gasteiger partial charge in [-0.25, -0.2) is 5.14 Å². The van der Waals surface area contributed by atoms with E-state index in [4.69, 9.17) is 23.2 Å². The summed E-state index contributed by atoms with van der Waals surface area (Å²) in [7, 11) is -4.00. The van der Waals surface area contributed by atoms with E-state index in [1.54, 1.807) is 0 Å². The van der Waals surface area contributed by atoms with Gasteiger partial charge in [-0.1, -0.05) is 23.2 Å². The fourth-order valence-electron chi connectivity index (χ4n) is 0.635. The summed E-state index contributed by atoms with van der Waals surface area (Å²) in [5, 5.41) is 11.6. The lowest BCUT2D eigenvalue weighted by Gasteiger charge is -2.02. The number of aromatic nitrogens is 2. The van der Waals surface area contributed by atoms with Crippen molar-refractivity contribution in [3.05, 3.63) is 21.9 Å². The second kappa shape index (κ2) is 4.37. The first kappa shape index (κ1) is 11.6. The molecular formula is C5H5Cl2N3O3S. The van der Waals surface area contributed by atoms with E-state index in [-0.39, 0.29) is 16.9 Å². The zero-order valence-corrected chi connectivity index (χ0v) is 8.97. The molecule has 1 rings (SSSR count). The average Bonchev–Trinajstić information content (AvgIpc) is 2.05. The van der Waals surface area contributed by atoms with Crippen LogP contribution in [-0.2, 0) is 21.1 Å². The van der Waals surface area contributed by atoms with E-state index in [9.17, 15) is 8.42 Å². The molecule has 0 fully saturated rings. The number of hydrogen-bond acceptors (Lipinski definition) is 5. The highest BCUT2D eigenvalue weighted by atomic mass is 35.5. The predicted octanol–water partition coefficient (Wildman–Crippen LogP) is 0.504. The monoisotopic (exact) mass is 257 g/mol. The second-order valence-electron chi connectivity index (χ2n) is 2.24. The van der Waals surface area contributed by atoms with Gasteiger partial charge in [0.2, 0.25) is 0 Å². The van der Waals surface area contributed by atoms with Gasteiger partial charge in [-0.15, -0.1) is 10.2 Å². The van der Waals surface area contributed by atoms with Crippen LogP contribution in [0, 0.1) is 0 Å². The van der Waals surface area contributed by atoms with Crippen molar-refractivity contribution in [3.63, 3.8) is 0 Å². The molecule has 2 N–H and O–H groups in total. The largest absolute Gasteiger partial charge is 0.333 e. The molecule has 6 nitrogen and oxygen atoms in total. The van der Waals surface area contributed by atoms with Gasteiger partial charge in [0.25, 0.3) is 0 Å². The number of hydrogen-bond donors (Lipinski definition) is 1. The quantitative estimate of drug-likeness (QED) is 0.851. The molecule has 0 aromatic carbocycles. The smallest absolute Gasteiger partial charge is 0.253 e. The third-order valence-electron chi connectivity index (χ3n) is 1.17. The summed E-state index contributed by atoms with van der Waals surface area (Å²) in [5.41, 5.74) is 0.292. The maximum atomic E-state index is 10.4. The Morgan fingerprint density at radius 2 is 2.07 bits per heavy atom. The summed E-state index contributed by atoms with van der Waals surface area (Å²) in [5.74, 6) is 0. The molecule has 0 saturated heterocycles. The van der Waals surface area contributed by atoms with Crippen molar-refractivity contribution in [2.24, 2.45) is 5.14 Å². The highest BCUT2D eigenvalue weighted by molar-refractivity contribution is 7.84. The summed E-state index contributed by atoms with van der Waals surface area (Å²) < 4.78 is 25.2. The standard InChI is InChI=1S/C5H5Cl2N3O3S/c6-4-1-3(5(7)10-9-4)2-13-14(8,11)12/h1H,2H2,(H2,8,11,12). The minimum Gasteiger partial charge on any atom is -0.253 e. The van der Waals surface area contributed by atoms with Crippen molar-refractivity contribution in [1.82, 2.24) is 10.2 Å². The van der Waals surface area contributed by atoms with Gasteiger partial charge >= 0.3 is 10.3 Å². The van der Waals surface area contributed by atoms with Crippen molar-refractivity contribution in [2.45, 2.75) is 6.61 Å². The van der Waals surface area contributed by atoms with Gasteiger partial charge in [-0.2, -0.15) is 8.42 Å². The number of nitrogens with two attached hydrogens (primary N) is 1. The molecule has 0 atom stereocenters. The Morgan fingerprint density at radius 1 is 1.43 bits per heavy atom. The molecule has 14 heavy (non-hydrogen) atoms. The van der Waals surface area contributed by atoms with Gasteiger partial charge in [0.1, 0.15) is 0 Å². The van der Waals surface area contributed by atoms with E-state index in [1.807, 2.05) is 0 Å². The van der Waals surface area contributed by atoms with Gasteiger partial charge in [-0.05, 0) is 6.07 Å². The van der Waals surface area contributed by atoms with Crippen LogP contribution < -0.4 is 5.14 Å². The molecule has 0 unspecified atom stereocenters. The zero-order valence-electron chi connectivity index (χ0n) is 6.65. The van der Waals surface area contributed by atoms with Crippen LogP contribution in [0.5, 0.6) is 0 Å². The molecule has 0 amide bonds. The van der Waals surface area contributed by atoms with Gasteiger partial charge < -0.3 is 0 Å². The summed E-state index contributed by atoms with van der Waals surface area (Å²) in [4.78, 5) is 0. The number of nitrogens with zero attached hydrogens (tertiary/aromatic N) is 2. The van der Waals surface area contributed by atoms with Gasteiger partial charge in [0.15, 0.2) is 10.3 Å². The van der Waals surface area contributed by atoms with Crippen molar-refractivity contribution >= 4 is 33.5 Å². The van der Waals surface area contributed by atoms with Crippen LogP contribution in [0.3, 0.4) is 0 Å². The first-order chi connectivity index (χ1) is 6.38. The molecule has 78 valence electrons. The molecule has 1 aromatic heterocycles. The summed E-state index contributed by atoms with van der Waals surface area (Å²) >= 11 is 11.1. The highest BCUT2D eigenvalue weighted by Crippen LogP contribution is 2.16. The molecule has 1 aromatic rings. The molecule has 0 aliphatic heterocycles. The van der Waals surface area contributed by atoms with Crippen molar-refractivity contribution < 1.29 is 12.6 Å². The van der Waals surface area contributed by atoms with Gasteiger partial charge in [0.05, 0.1) is 6.61 Å². The third-order valence-corrected chi connectivity index (χ3v) is 2.12. The SMILES string of the molecule is NS(=O)(=O)OCc1cc(Cl)nnc1Cl. The first-order valence-corrected chi connectivity index (χ1v) is 5.46. The Bertz CT molecular complexity index is 436. The molecular weight excluding hydrogens is 253 g/mol. The van der Waals surface area contributed by atoms with Crippen molar-refractivity contribution in [3.8, 4) is 0 Å². The minimum absolute atomic E-state index is 0.0121. The summed E-state index contributed by atoms with van der Waals surface area (Å²) in [6.07, 6.45) is 0. The summed E-state index contributed by atoms with van der Waals surface area (Å²) in [6, 6.07) is 1.34. The maximum absolute atomic E-state index is 10.4. The molecule has 0 aliphatic carbocycles. The number of halogens is 2. The Morgan fingerprint density at radius 3 is 2.64 bits per heavy atom. The van der Waals surface area contributed by atoms with Crippen LogP contribution in [0.25, 0.3) is 0 Å². The highest BCUT2D eigenvalue weighted by Gasteiger charge is 2.08. The van der Waals surface area contributed by atoms with E-state index < -0.39 is 10.3 Å². The molecule has 0 aliphatic rings. The fourth-order valence-corrected chi connectivity index (χ4v) is 1.24. The second-order valence-corrected chi connectivity index (χ2v) is 4.20. The molecule has 0 bridgehead atoms. The lowest BCUT2D eigenvalue weighted by atomic mass is 10.3. The van der Waals surface area contributed by atoms with E-state index >= 15 is 0 Å². The average molecular weight is 258 g/mol. The predicted molar refractivity (Wildman–Crippen MR) is 49.9 cm³/mol. The Labute approximate surface area is 90.2 Å². The maximum Gasteiger partial charge on any atom is 0.333 e. The lowest BCUT2D eigenvalue weighted by Crippen LogP contribution is -2.15. The first-order valence-electron chi connectivity index (χ1n) is 3.23. The Hall–Kier alpha value is -0.470. The van der Waals surface area contributed by atoms with Crippen LogP contribution >= 0.6 is 23.2 Å². The molecule has 1 heterocycles. The normalized spacial score (nSPS) is 11.6. The zero-order chi connectivity index (χ0) is 10.8. The van der Waals surface area contributed by atoms with E-state index in [2.05, 4.69) is 19.5 Å². The third kappa shape index (κ3) is 3.72. The Kier molecular flexibility index (Phi) is 3.62. The Balaban J connectivity index is 2.81. The number of rotatable bonds is 3. The molecule has 0 spiro atoms. The minimum atomic E-state index is -4.00. The van der Waals surface area contributed by atoms with E-state index in [1.165, 1.54) is 6.07 Å².